The maximum Gasteiger partial charge on any atom is 0.324 e. The number of ether oxygens (including phenoxy) is 4. The molecular formula is C35H44N8O9S. The van der Waals surface area contributed by atoms with Gasteiger partial charge in [0.15, 0.2) is 0 Å². The van der Waals surface area contributed by atoms with Crippen molar-refractivity contribution in [2.24, 2.45) is 11.3 Å². The van der Waals surface area contributed by atoms with Crippen molar-refractivity contribution >= 4 is 44.5 Å². The van der Waals surface area contributed by atoms with E-state index in [4.69, 9.17) is 18.9 Å². The van der Waals surface area contributed by atoms with Crippen molar-refractivity contribution in [3.05, 3.63) is 43.1 Å². The molecule has 2 aromatic heterocycles. The quantitative estimate of drug-likeness (QED) is 0.201. The van der Waals surface area contributed by atoms with E-state index in [1.54, 1.807) is 19.4 Å². The van der Waals surface area contributed by atoms with Gasteiger partial charge in [0.2, 0.25) is 33.7 Å². The van der Waals surface area contributed by atoms with Crippen LogP contribution in [-0.4, -0.2) is 108 Å². The maximum atomic E-state index is 14.7. The number of hydrogen-bond acceptors (Lipinski definition) is 14. The van der Waals surface area contributed by atoms with E-state index in [1.165, 1.54) is 25.2 Å². The Morgan fingerprint density at radius 1 is 1.04 bits per heavy atom. The van der Waals surface area contributed by atoms with Gasteiger partial charge in [0, 0.05) is 23.9 Å². The summed E-state index contributed by atoms with van der Waals surface area (Å²) >= 11 is 0. The Morgan fingerprint density at radius 2 is 1.74 bits per heavy atom. The van der Waals surface area contributed by atoms with Crippen molar-refractivity contribution in [1.29, 1.82) is 0 Å². The molecule has 17 nitrogen and oxygen atoms in total. The van der Waals surface area contributed by atoms with Crippen molar-refractivity contribution < 1.29 is 41.7 Å². The van der Waals surface area contributed by atoms with Gasteiger partial charge in [-0.1, -0.05) is 26.8 Å². The van der Waals surface area contributed by atoms with Gasteiger partial charge in [-0.25, -0.2) is 13.4 Å². The summed E-state index contributed by atoms with van der Waals surface area (Å²) in [5, 5.41) is 6.77. The van der Waals surface area contributed by atoms with Crippen LogP contribution in [0.4, 0.5) is 5.95 Å². The molecule has 5 atom stereocenters. The number of carbonyl (C=O) groups is 3. The van der Waals surface area contributed by atoms with Crippen molar-refractivity contribution in [2.75, 3.05) is 33.2 Å². The van der Waals surface area contributed by atoms with E-state index >= 15 is 0 Å². The molecule has 3 amide bonds. The second kappa shape index (κ2) is 14.3. The van der Waals surface area contributed by atoms with Gasteiger partial charge in [-0.05, 0) is 54.3 Å². The number of hydrogen-bond donors (Lipinski definition) is 3. The molecule has 1 saturated heterocycles. The number of amides is 3. The number of aromatic nitrogens is 4. The van der Waals surface area contributed by atoms with E-state index in [0.29, 0.717) is 29.9 Å². The molecule has 1 aromatic carbocycles. The normalized spacial score (nSPS) is 23.1. The molecule has 53 heavy (non-hydrogen) atoms. The van der Waals surface area contributed by atoms with Gasteiger partial charge in [0.1, 0.15) is 29.5 Å². The van der Waals surface area contributed by atoms with Gasteiger partial charge in [-0.3, -0.25) is 19.1 Å². The summed E-state index contributed by atoms with van der Waals surface area (Å²) < 4.78 is 49.7. The van der Waals surface area contributed by atoms with Gasteiger partial charge in [0.05, 0.1) is 33.1 Å². The molecule has 18 heteroatoms. The Labute approximate surface area is 307 Å². The predicted octanol–water partition coefficient (Wildman–Crippen LogP) is 1.99. The zero-order valence-corrected chi connectivity index (χ0v) is 31.2. The third-order valence-electron chi connectivity index (χ3n) is 9.66. The van der Waals surface area contributed by atoms with Crippen LogP contribution in [-0.2, 0) is 24.4 Å². The lowest BCUT2D eigenvalue weighted by molar-refractivity contribution is -0.141. The summed E-state index contributed by atoms with van der Waals surface area (Å²) in [5.74, 6) is -1.54. The van der Waals surface area contributed by atoms with E-state index < -0.39 is 68.1 Å². The van der Waals surface area contributed by atoms with Crippen LogP contribution in [0.2, 0.25) is 0 Å². The highest BCUT2D eigenvalue weighted by atomic mass is 32.2. The van der Waals surface area contributed by atoms with Crippen LogP contribution in [0.3, 0.4) is 0 Å². The van der Waals surface area contributed by atoms with Crippen molar-refractivity contribution in [2.45, 2.75) is 75.4 Å². The number of rotatable bonds is 14. The molecule has 0 spiro atoms. The van der Waals surface area contributed by atoms with E-state index in [0.717, 1.165) is 5.39 Å². The summed E-state index contributed by atoms with van der Waals surface area (Å²) in [6, 6.07) is 5.04. The fourth-order valence-electron chi connectivity index (χ4n) is 6.43. The SMILES string of the molecule is C=C[C@@H]1C[C@]1(NC(=O)[C@@H]1C[C@@H](Oc2nccc3cc(OC)ccc23)CN1C(=O)[C@@H](Nc1nc(OC)nc(OC)n1)C(C)(C)C)C(=O)NS(=O)(=O)C1CC1. The molecule has 3 fully saturated rings. The average Bonchev–Trinajstić information content (AvgIpc) is 4.06. The van der Waals surface area contributed by atoms with Gasteiger partial charge < -0.3 is 34.5 Å². The molecule has 1 aliphatic heterocycles. The minimum absolute atomic E-state index is 0.00431. The Morgan fingerprint density at radius 3 is 2.32 bits per heavy atom. The Balaban J connectivity index is 1.32. The Hall–Kier alpha value is -5.26. The lowest BCUT2D eigenvalue weighted by Crippen LogP contribution is -2.58. The van der Waals surface area contributed by atoms with E-state index in [9.17, 15) is 22.8 Å². The van der Waals surface area contributed by atoms with Crippen LogP contribution >= 0.6 is 0 Å². The molecule has 2 saturated carbocycles. The van der Waals surface area contributed by atoms with E-state index in [2.05, 4.69) is 41.9 Å². The third kappa shape index (κ3) is 7.77. The fraction of sp³-hybridized carbons (Fsp3) is 0.514. The maximum absolute atomic E-state index is 14.7. The monoisotopic (exact) mass is 752 g/mol. The molecule has 2 aliphatic carbocycles. The molecule has 3 heterocycles. The van der Waals surface area contributed by atoms with Crippen LogP contribution in [0.1, 0.15) is 46.5 Å². The lowest BCUT2D eigenvalue weighted by atomic mass is 9.85. The minimum atomic E-state index is -3.90. The minimum Gasteiger partial charge on any atom is -0.497 e. The summed E-state index contributed by atoms with van der Waals surface area (Å²) in [6.07, 6.45) is 3.49. The smallest absolute Gasteiger partial charge is 0.324 e. The van der Waals surface area contributed by atoms with E-state index in [1.807, 2.05) is 39.0 Å². The highest BCUT2D eigenvalue weighted by molar-refractivity contribution is 7.91. The number of nitrogens with one attached hydrogen (secondary N) is 3. The fourth-order valence-corrected chi connectivity index (χ4v) is 7.79. The first-order valence-corrected chi connectivity index (χ1v) is 18.7. The molecular weight excluding hydrogens is 708 g/mol. The zero-order chi connectivity index (χ0) is 38.3. The lowest BCUT2D eigenvalue weighted by Gasteiger charge is -2.35. The third-order valence-corrected chi connectivity index (χ3v) is 11.5. The number of sulfonamides is 1. The van der Waals surface area contributed by atoms with Crippen LogP contribution in [0, 0.1) is 11.3 Å². The van der Waals surface area contributed by atoms with Crippen LogP contribution in [0.25, 0.3) is 10.8 Å². The number of benzene rings is 1. The molecule has 6 rings (SSSR count). The first-order chi connectivity index (χ1) is 25.1. The summed E-state index contributed by atoms with van der Waals surface area (Å²) in [5.41, 5.74) is -2.31. The number of carbonyl (C=O) groups excluding carboxylic acids is 3. The summed E-state index contributed by atoms with van der Waals surface area (Å²) in [7, 11) is 0.430. The van der Waals surface area contributed by atoms with Crippen LogP contribution in [0.15, 0.2) is 43.1 Å². The zero-order valence-electron chi connectivity index (χ0n) is 30.4. The van der Waals surface area contributed by atoms with Gasteiger partial charge in [-0.2, -0.15) is 9.97 Å². The number of anilines is 1. The van der Waals surface area contributed by atoms with Gasteiger partial charge in [0.25, 0.3) is 5.91 Å². The number of pyridine rings is 1. The number of nitrogens with zero attached hydrogens (tertiary/aromatic N) is 5. The second-order valence-electron chi connectivity index (χ2n) is 14.4. The molecule has 3 N–H and O–H groups in total. The van der Waals surface area contributed by atoms with Crippen molar-refractivity contribution in [3.63, 3.8) is 0 Å². The Kier molecular flexibility index (Phi) is 10.1. The van der Waals surface area contributed by atoms with Gasteiger partial charge in [-0.15, -0.1) is 11.6 Å². The summed E-state index contributed by atoms with van der Waals surface area (Å²) in [6.45, 7) is 9.27. The van der Waals surface area contributed by atoms with Gasteiger partial charge >= 0.3 is 12.0 Å². The van der Waals surface area contributed by atoms with Crippen LogP contribution in [0.5, 0.6) is 23.7 Å². The molecule has 0 bridgehead atoms. The van der Waals surface area contributed by atoms with Crippen LogP contribution < -0.4 is 34.3 Å². The first-order valence-electron chi connectivity index (χ1n) is 17.1. The average molecular weight is 753 g/mol. The number of likely N-dealkylation sites (tertiary alicyclic amines) is 1. The molecule has 3 aliphatic rings. The number of methoxy groups -OCH3 is 3. The van der Waals surface area contributed by atoms with Crippen molar-refractivity contribution in [1.82, 2.24) is 34.9 Å². The molecule has 0 unspecified atom stereocenters. The largest absolute Gasteiger partial charge is 0.497 e. The topological polar surface area (TPSA) is 213 Å². The molecule has 0 radical (unpaired) electrons. The number of fused-ring (bicyclic) bond motifs is 1. The Bertz CT molecular complexity index is 2010. The van der Waals surface area contributed by atoms with Crippen molar-refractivity contribution in [3.8, 4) is 23.7 Å². The highest BCUT2D eigenvalue weighted by Crippen LogP contribution is 2.45. The molecule has 3 aromatic rings. The first kappa shape index (κ1) is 37.5. The second-order valence-corrected chi connectivity index (χ2v) is 16.4. The summed E-state index contributed by atoms with van der Waals surface area (Å²) in [4.78, 5) is 60.9. The standard InChI is InChI=1S/C35H44N8O9S/c1-8-20-17-35(20,30(46)42-53(47,48)23-10-11-23)41-27(44)25-16-22(52-28-24-12-9-21(49-5)15-19(24)13-14-36-28)18-43(25)29(45)26(34(2,3)4)37-31-38-32(50-6)40-33(39-31)51-7/h8-9,12-15,20,22-23,25-26H,1,10-11,16-18H2,2-7H3,(H,41,44)(H,42,46)(H,37,38,39,40)/t20-,22-,25+,26-,35-/m1/s1. The molecule has 284 valence electrons. The van der Waals surface area contributed by atoms with E-state index in [-0.39, 0.29) is 37.4 Å². The highest BCUT2D eigenvalue weighted by Gasteiger charge is 2.62. The predicted molar refractivity (Wildman–Crippen MR) is 192 cm³/mol.